The smallest absolute Gasteiger partial charge is 0.174 e. The van der Waals surface area contributed by atoms with Crippen LogP contribution in [0.15, 0.2) is 24.3 Å². The van der Waals surface area contributed by atoms with E-state index in [9.17, 15) is 0 Å². The molecule has 104 valence electrons. The van der Waals surface area contributed by atoms with Gasteiger partial charge in [0.2, 0.25) is 0 Å². The van der Waals surface area contributed by atoms with Crippen molar-refractivity contribution < 1.29 is 9.47 Å². The number of ether oxygens (including phenoxy) is 2. The Morgan fingerprint density at radius 3 is 2.95 bits per heavy atom. The van der Waals surface area contributed by atoms with Crippen LogP contribution < -0.4 is 10.1 Å². The molecule has 0 amide bonds. The molecule has 0 radical (unpaired) electrons. The van der Waals surface area contributed by atoms with E-state index in [0.29, 0.717) is 0 Å². The SMILES string of the molecule is COCCCCCNCc1cccc(OCC#N)c1. The van der Waals surface area contributed by atoms with Crippen LogP contribution in [0.3, 0.4) is 0 Å². The van der Waals surface area contributed by atoms with Gasteiger partial charge in [-0.3, -0.25) is 0 Å². The van der Waals surface area contributed by atoms with Crippen molar-refractivity contribution in [3.8, 4) is 11.8 Å². The third-order valence-corrected chi connectivity index (χ3v) is 2.73. The number of nitriles is 1. The minimum Gasteiger partial charge on any atom is -0.479 e. The van der Waals surface area contributed by atoms with Crippen LogP contribution in [0, 0.1) is 11.3 Å². The molecule has 1 aromatic rings. The van der Waals surface area contributed by atoms with Crippen LogP contribution >= 0.6 is 0 Å². The second-order valence-corrected chi connectivity index (χ2v) is 4.32. The lowest BCUT2D eigenvalue weighted by molar-refractivity contribution is 0.192. The van der Waals surface area contributed by atoms with E-state index in [1.807, 2.05) is 24.3 Å². The molecule has 0 bridgehead atoms. The monoisotopic (exact) mass is 262 g/mol. The molecule has 0 spiro atoms. The molecule has 0 aliphatic rings. The summed E-state index contributed by atoms with van der Waals surface area (Å²) in [5, 5.41) is 11.9. The molecule has 0 fully saturated rings. The summed E-state index contributed by atoms with van der Waals surface area (Å²) in [6.45, 7) is 2.77. The van der Waals surface area contributed by atoms with Crippen molar-refractivity contribution in [1.82, 2.24) is 5.32 Å². The molecular formula is C15H22N2O2. The topological polar surface area (TPSA) is 54.3 Å². The maximum atomic E-state index is 8.46. The maximum Gasteiger partial charge on any atom is 0.174 e. The number of rotatable bonds is 10. The van der Waals surface area contributed by atoms with Crippen molar-refractivity contribution in [2.24, 2.45) is 0 Å². The summed E-state index contributed by atoms with van der Waals surface area (Å²) in [6.07, 6.45) is 3.47. The van der Waals surface area contributed by atoms with E-state index >= 15 is 0 Å². The van der Waals surface area contributed by atoms with Gasteiger partial charge < -0.3 is 14.8 Å². The number of benzene rings is 1. The number of hydrogen-bond donors (Lipinski definition) is 1. The fourth-order valence-electron chi connectivity index (χ4n) is 1.77. The van der Waals surface area contributed by atoms with Gasteiger partial charge in [-0.25, -0.2) is 0 Å². The van der Waals surface area contributed by atoms with E-state index in [1.165, 1.54) is 12.0 Å². The molecule has 1 N–H and O–H groups in total. The lowest BCUT2D eigenvalue weighted by atomic mass is 10.2. The van der Waals surface area contributed by atoms with Crippen molar-refractivity contribution in [2.75, 3.05) is 26.9 Å². The van der Waals surface area contributed by atoms with Gasteiger partial charge in [0, 0.05) is 20.3 Å². The van der Waals surface area contributed by atoms with Gasteiger partial charge in [-0.1, -0.05) is 12.1 Å². The van der Waals surface area contributed by atoms with Gasteiger partial charge in [-0.2, -0.15) is 5.26 Å². The first-order valence-electron chi connectivity index (χ1n) is 6.65. The second kappa shape index (κ2) is 10.4. The van der Waals surface area contributed by atoms with Crippen molar-refractivity contribution in [3.63, 3.8) is 0 Å². The Morgan fingerprint density at radius 2 is 2.16 bits per heavy atom. The fraction of sp³-hybridized carbons (Fsp3) is 0.533. The van der Waals surface area contributed by atoms with Crippen LogP contribution in [0.25, 0.3) is 0 Å². The quantitative estimate of drug-likeness (QED) is 0.658. The normalized spacial score (nSPS) is 10.1. The summed E-state index contributed by atoms with van der Waals surface area (Å²) in [5.41, 5.74) is 1.17. The Kier molecular flexibility index (Phi) is 8.45. The van der Waals surface area contributed by atoms with Gasteiger partial charge in [0.1, 0.15) is 11.8 Å². The number of methoxy groups -OCH3 is 1. The first-order valence-corrected chi connectivity index (χ1v) is 6.65. The maximum absolute atomic E-state index is 8.46. The predicted octanol–water partition coefficient (Wildman–Crippen LogP) is 2.50. The van der Waals surface area contributed by atoms with E-state index in [0.717, 1.165) is 38.3 Å². The molecule has 0 atom stereocenters. The zero-order valence-corrected chi connectivity index (χ0v) is 11.5. The van der Waals surface area contributed by atoms with Crippen LogP contribution in [-0.2, 0) is 11.3 Å². The minimum atomic E-state index is 0.0936. The third-order valence-electron chi connectivity index (χ3n) is 2.73. The Bertz CT molecular complexity index is 388. The molecule has 1 aromatic carbocycles. The zero-order chi connectivity index (χ0) is 13.8. The Hall–Kier alpha value is -1.57. The molecule has 4 heteroatoms. The van der Waals surface area contributed by atoms with Gasteiger partial charge in [-0.15, -0.1) is 0 Å². The Labute approximate surface area is 115 Å². The van der Waals surface area contributed by atoms with Crippen LogP contribution in [0.1, 0.15) is 24.8 Å². The van der Waals surface area contributed by atoms with Gasteiger partial charge in [-0.05, 0) is 43.5 Å². The average Bonchev–Trinajstić information content (AvgIpc) is 2.44. The Balaban J connectivity index is 2.16. The average molecular weight is 262 g/mol. The molecule has 0 saturated heterocycles. The number of nitrogens with one attached hydrogen (secondary N) is 1. The third kappa shape index (κ3) is 7.45. The standard InChI is InChI=1S/C15H22N2O2/c1-18-10-4-2-3-9-17-13-14-6-5-7-15(12-14)19-11-8-16/h5-7,12,17H,2-4,9-11,13H2,1H3. The molecule has 0 aliphatic carbocycles. The number of nitrogens with zero attached hydrogens (tertiary/aromatic N) is 1. The van der Waals surface area contributed by atoms with Crippen LogP contribution in [0.2, 0.25) is 0 Å². The molecule has 19 heavy (non-hydrogen) atoms. The molecule has 0 saturated carbocycles. The predicted molar refractivity (Wildman–Crippen MR) is 75.0 cm³/mol. The Morgan fingerprint density at radius 1 is 1.26 bits per heavy atom. The number of hydrogen-bond acceptors (Lipinski definition) is 4. The minimum absolute atomic E-state index is 0.0936. The summed E-state index contributed by atoms with van der Waals surface area (Å²) >= 11 is 0. The molecule has 4 nitrogen and oxygen atoms in total. The summed E-state index contributed by atoms with van der Waals surface area (Å²) < 4.78 is 10.3. The first kappa shape index (κ1) is 15.5. The highest BCUT2D eigenvalue weighted by molar-refractivity contribution is 5.28. The van der Waals surface area contributed by atoms with Crippen molar-refractivity contribution in [1.29, 1.82) is 5.26 Å². The van der Waals surface area contributed by atoms with Gasteiger partial charge in [0.15, 0.2) is 6.61 Å². The number of unbranched alkanes of at least 4 members (excludes halogenated alkanes) is 2. The van der Waals surface area contributed by atoms with Crippen LogP contribution in [0.4, 0.5) is 0 Å². The van der Waals surface area contributed by atoms with E-state index in [4.69, 9.17) is 14.7 Å². The van der Waals surface area contributed by atoms with Crippen molar-refractivity contribution in [2.45, 2.75) is 25.8 Å². The summed E-state index contributed by atoms with van der Waals surface area (Å²) in [5.74, 6) is 0.751. The second-order valence-electron chi connectivity index (χ2n) is 4.32. The van der Waals surface area contributed by atoms with Crippen LogP contribution in [-0.4, -0.2) is 26.9 Å². The first-order chi connectivity index (χ1) is 9.36. The van der Waals surface area contributed by atoms with Crippen molar-refractivity contribution >= 4 is 0 Å². The lowest BCUT2D eigenvalue weighted by Gasteiger charge is -2.07. The van der Waals surface area contributed by atoms with Gasteiger partial charge in [0.25, 0.3) is 0 Å². The largest absolute Gasteiger partial charge is 0.479 e. The fourth-order valence-corrected chi connectivity index (χ4v) is 1.77. The molecule has 0 aliphatic heterocycles. The van der Waals surface area contributed by atoms with Crippen LogP contribution in [0.5, 0.6) is 5.75 Å². The molecule has 0 aromatic heterocycles. The lowest BCUT2D eigenvalue weighted by Crippen LogP contribution is -2.14. The molecule has 1 rings (SSSR count). The van der Waals surface area contributed by atoms with E-state index in [-0.39, 0.29) is 6.61 Å². The van der Waals surface area contributed by atoms with E-state index in [1.54, 1.807) is 7.11 Å². The summed E-state index contributed by atoms with van der Waals surface area (Å²) in [7, 11) is 1.74. The van der Waals surface area contributed by atoms with Gasteiger partial charge >= 0.3 is 0 Å². The summed E-state index contributed by atoms with van der Waals surface area (Å²) in [4.78, 5) is 0. The van der Waals surface area contributed by atoms with E-state index in [2.05, 4.69) is 11.4 Å². The van der Waals surface area contributed by atoms with Gasteiger partial charge in [0.05, 0.1) is 0 Å². The summed E-state index contributed by atoms with van der Waals surface area (Å²) in [6, 6.07) is 9.80. The highest BCUT2D eigenvalue weighted by Crippen LogP contribution is 2.12. The van der Waals surface area contributed by atoms with Crippen molar-refractivity contribution in [3.05, 3.63) is 29.8 Å². The molecule has 0 heterocycles. The van der Waals surface area contributed by atoms with E-state index < -0.39 is 0 Å². The molecule has 0 unspecified atom stereocenters. The highest BCUT2D eigenvalue weighted by Gasteiger charge is 1.97. The molecular weight excluding hydrogens is 240 g/mol. The zero-order valence-electron chi connectivity index (χ0n) is 11.5. The highest BCUT2D eigenvalue weighted by atomic mass is 16.5.